The van der Waals surface area contributed by atoms with Gasteiger partial charge in [-0.05, 0) is 19.8 Å². The van der Waals surface area contributed by atoms with E-state index in [-0.39, 0.29) is 11.4 Å². The van der Waals surface area contributed by atoms with Crippen LogP contribution in [0.2, 0.25) is 0 Å². The molecular weight excluding hydrogens is 128 g/mol. The Morgan fingerprint density at radius 3 is 3.20 bits per heavy atom. The monoisotopic (exact) mass is 140 g/mol. The predicted molar refractivity (Wildman–Crippen MR) is 36.4 cm³/mol. The van der Waals surface area contributed by atoms with Crippen LogP contribution in [0, 0.1) is 11.3 Å². The summed E-state index contributed by atoms with van der Waals surface area (Å²) in [4.78, 5) is 11.2. The van der Waals surface area contributed by atoms with Crippen molar-refractivity contribution in [2.45, 2.75) is 26.2 Å². The molecule has 2 heteroatoms. The molecular formula is C8H12O2. The fourth-order valence-corrected chi connectivity index (χ4v) is 2.12. The Morgan fingerprint density at radius 1 is 1.70 bits per heavy atom. The minimum atomic E-state index is -0.0972. The molecule has 0 bridgehead atoms. The Morgan fingerprint density at radius 2 is 2.50 bits per heavy atom. The molecule has 1 aliphatic heterocycles. The molecule has 2 aliphatic rings. The van der Waals surface area contributed by atoms with E-state index in [1.165, 1.54) is 12.8 Å². The van der Waals surface area contributed by atoms with Gasteiger partial charge in [0.2, 0.25) is 0 Å². The van der Waals surface area contributed by atoms with Crippen molar-refractivity contribution < 1.29 is 9.53 Å². The van der Waals surface area contributed by atoms with Crippen molar-refractivity contribution in [2.75, 3.05) is 6.61 Å². The zero-order valence-electron chi connectivity index (χ0n) is 6.22. The maximum atomic E-state index is 11.2. The van der Waals surface area contributed by atoms with Crippen LogP contribution in [0.4, 0.5) is 0 Å². The number of hydrogen-bond acceptors (Lipinski definition) is 2. The van der Waals surface area contributed by atoms with Gasteiger partial charge in [0.25, 0.3) is 0 Å². The summed E-state index contributed by atoms with van der Waals surface area (Å²) < 4.78 is 4.98. The van der Waals surface area contributed by atoms with Crippen molar-refractivity contribution in [1.82, 2.24) is 0 Å². The standard InChI is InChI=1S/C8H12O2/c1-8-4-2-3-6(8)5-10-7(8)9/h6H,2-5H2,1H3/t6?,8-/m0/s1. The number of hydrogen-bond donors (Lipinski definition) is 0. The molecule has 2 nitrogen and oxygen atoms in total. The third-order valence-electron chi connectivity index (χ3n) is 3.03. The van der Waals surface area contributed by atoms with E-state index in [0.29, 0.717) is 12.5 Å². The summed E-state index contributed by atoms with van der Waals surface area (Å²) in [5.41, 5.74) is -0.0972. The average molecular weight is 140 g/mol. The summed E-state index contributed by atoms with van der Waals surface area (Å²) in [6.45, 7) is 2.72. The Bertz CT molecular complexity index is 176. The molecule has 0 aromatic rings. The molecule has 10 heavy (non-hydrogen) atoms. The van der Waals surface area contributed by atoms with Gasteiger partial charge in [0.15, 0.2) is 0 Å². The van der Waals surface area contributed by atoms with Gasteiger partial charge in [0.1, 0.15) is 0 Å². The summed E-state index contributed by atoms with van der Waals surface area (Å²) >= 11 is 0. The molecule has 1 saturated heterocycles. The lowest BCUT2D eigenvalue weighted by atomic mass is 9.83. The molecule has 1 unspecified atom stereocenters. The number of fused-ring (bicyclic) bond motifs is 1. The van der Waals surface area contributed by atoms with E-state index in [1.807, 2.05) is 6.92 Å². The topological polar surface area (TPSA) is 26.3 Å². The fraction of sp³-hybridized carbons (Fsp3) is 0.875. The van der Waals surface area contributed by atoms with Gasteiger partial charge < -0.3 is 4.74 Å². The highest BCUT2D eigenvalue weighted by molar-refractivity contribution is 5.79. The predicted octanol–water partition coefficient (Wildman–Crippen LogP) is 1.35. The molecule has 2 rings (SSSR count). The van der Waals surface area contributed by atoms with Crippen molar-refractivity contribution in [3.63, 3.8) is 0 Å². The maximum Gasteiger partial charge on any atom is 0.312 e. The molecule has 0 aromatic heterocycles. The van der Waals surface area contributed by atoms with Crippen LogP contribution < -0.4 is 0 Å². The van der Waals surface area contributed by atoms with Crippen LogP contribution >= 0.6 is 0 Å². The fourth-order valence-electron chi connectivity index (χ4n) is 2.12. The van der Waals surface area contributed by atoms with Crippen molar-refractivity contribution in [1.29, 1.82) is 0 Å². The van der Waals surface area contributed by atoms with Gasteiger partial charge in [-0.3, -0.25) is 4.79 Å². The van der Waals surface area contributed by atoms with E-state index in [2.05, 4.69) is 0 Å². The highest BCUT2D eigenvalue weighted by Crippen LogP contribution is 2.47. The van der Waals surface area contributed by atoms with Crippen LogP contribution in [0.5, 0.6) is 0 Å². The second-order valence-electron chi connectivity index (χ2n) is 3.61. The van der Waals surface area contributed by atoms with Crippen molar-refractivity contribution in [3.8, 4) is 0 Å². The first-order valence-electron chi connectivity index (χ1n) is 3.91. The molecule has 0 amide bonds. The van der Waals surface area contributed by atoms with Gasteiger partial charge >= 0.3 is 5.97 Å². The molecule has 56 valence electrons. The third kappa shape index (κ3) is 0.568. The zero-order chi connectivity index (χ0) is 7.19. The second-order valence-corrected chi connectivity index (χ2v) is 3.61. The molecule has 0 spiro atoms. The molecule has 0 N–H and O–H groups in total. The summed E-state index contributed by atoms with van der Waals surface area (Å²) in [7, 11) is 0. The molecule has 2 fully saturated rings. The zero-order valence-corrected chi connectivity index (χ0v) is 6.22. The van der Waals surface area contributed by atoms with Gasteiger partial charge in [-0.25, -0.2) is 0 Å². The summed E-state index contributed by atoms with van der Waals surface area (Å²) in [5, 5.41) is 0. The Labute approximate surface area is 60.6 Å². The quantitative estimate of drug-likeness (QED) is 0.475. The smallest absolute Gasteiger partial charge is 0.312 e. The first-order valence-corrected chi connectivity index (χ1v) is 3.91. The minimum Gasteiger partial charge on any atom is -0.465 e. The Balaban J connectivity index is 2.30. The highest BCUT2D eigenvalue weighted by atomic mass is 16.5. The van der Waals surface area contributed by atoms with Crippen LogP contribution in [0.1, 0.15) is 26.2 Å². The van der Waals surface area contributed by atoms with E-state index >= 15 is 0 Å². The van der Waals surface area contributed by atoms with Crippen LogP contribution in [-0.4, -0.2) is 12.6 Å². The molecule has 1 aliphatic carbocycles. The molecule has 0 radical (unpaired) electrons. The number of carbonyl (C=O) groups excluding carboxylic acids is 1. The number of cyclic esters (lactones) is 1. The van der Waals surface area contributed by atoms with Gasteiger partial charge in [-0.1, -0.05) is 6.42 Å². The van der Waals surface area contributed by atoms with Crippen LogP contribution in [0.3, 0.4) is 0 Å². The molecule has 1 saturated carbocycles. The lowest BCUT2D eigenvalue weighted by Gasteiger charge is -2.16. The summed E-state index contributed by atoms with van der Waals surface area (Å²) in [6, 6.07) is 0. The number of carbonyl (C=O) groups is 1. The number of esters is 1. The average Bonchev–Trinajstić information content (AvgIpc) is 2.36. The molecule has 1 heterocycles. The van der Waals surface area contributed by atoms with Crippen LogP contribution in [-0.2, 0) is 9.53 Å². The van der Waals surface area contributed by atoms with Crippen molar-refractivity contribution in [2.24, 2.45) is 11.3 Å². The highest BCUT2D eigenvalue weighted by Gasteiger charge is 2.51. The van der Waals surface area contributed by atoms with Crippen LogP contribution in [0.15, 0.2) is 0 Å². The first kappa shape index (κ1) is 6.20. The van der Waals surface area contributed by atoms with Gasteiger partial charge in [0.05, 0.1) is 12.0 Å². The van der Waals surface area contributed by atoms with Crippen molar-refractivity contribution in [3.05, 3.63) is 0 Å². The third-order valence-corrected chi connectivity index (χ3v) is 3.03. The molecule has 0 aromatic carbocycles. The van der Waals surface area contributed by atoms with Crippen molar-refractivity contribution >= 4 is 5.97 Å². The largest absolute Gasteiger partial charge is 0.465 e. The lowest BCUT2D eigenvalue weighted by Crippen LogP contribution is -2.24. The first-order chi connectivity index (χ1) is 4.73. The van der Waals surface area contributed by atoms with Gasteiger partial charge in [-0.2, -0.15) is 0 Å². The van der Waals surface area contributed by atoms with E-state index in [0.717, 1.165) is 6.42 Å². The lowest BCUT2D eigenvalue weighted by molar-refractivity contribution is -0.145. The normalized spacial score (nSPS) is 45.3. The van der Waals surface area contributed by atoms with E-state index in [1.54, 1.807) is 0 Å². The van der Waals surface area contributed by atoms with E-state index in [9.17, 15) is 4.79 Å². The van der Waals surface area contributed by atoms with E-state index in [4.69, 9.17) is 4.74 Å². The molecule has 2 atom stereocenters. The summed E-state index contributed by atoms with van der Waals surface area (Å²) in [6.07, 6.45) is 3.43. The maximum absolute atomic E-state index is 11.2. The summed E-state index contributed by atoms with van der Waals surface area (Å²) in [5.74, 6) is 0.565. The van der Waals surface area contributed by atoms with Gasteiger partial charge in [0, 0.05) is 5.92 Å². The van der Waals surface area contributed by atoms with Gasteiger partial charge in [-0.15, -0.1) is 0 Å². The number of rotatable bonds is 0. The SMILES string of the molecule is C[C@]12CCCC1COC2=O. The Kier molecular flexibility index (Phi) is 1.08. The van der Waals surface area contributed by atoms with E-state index < -0.39 is 0 Å². The second kappa shape index (κ2) is 1.74. The van der Waals surface area contributed by atoms with Crippen LogP contribution in [0.25, 0.3) is 0 Å². The number of ether oxygens (including phenoxy) is 1. The Hall–Kier alpha value is -0.530. The minimum absolute atomic E-state index is 0.0370.